The molecule has 0 aromatic heterocycles. The van der Waals surface area contributed by atoms with Crippen molar-refractivity contribution in [3.8, 4) is 0 Å². The molecule has 1 aliphatic rings. The Kier molecular flexibility index (Phi) is 3.53. The molecule has 0 heterocycles. The van der Waals surface area contributed by atoms with Crippen molar-refractivity contribution >= 4 is 11.9 Å². The molecule has 1 aromatic carbocycles. The predicted molar refractivity (Wildman–Crippen MR) is 77.5 cm³/mol. The number of nitrogens with two attached hydrogens (primary N) is 1. The lowest BCUT2D eigenvalue weighted by molar-refractivity contribution is 0.615. The van der Waals surface area contributed by atoms with E-state index >= 15 is 0 Å². The molecule has 0 saturated heterocycles. The molecule has 1 fully saturated rings. The Morgan fingerprint density at radius 2 is 2.39 bits per heavy atom. The van der Waals surface area contributed by atoms with E-state index in [0.717, 1.165) is 18.5 Å². The van der Waals surface area contributed by atoms with Crippen LogP contribution in [-0.4, -0.2) is 6.21 Å². The number of hydrogen-bond acceptors (Lipinski definition) is 3. The average molecular weight is 243 g/mol. The third-order valence-corrected chi connectivity index (χ3v) is 3.71. The van der Waals surface area contributed by atoms with Crippen LogP contribution < -0.4 is 10.7 Å². The Morgan fingerprint density at radius 3 is 2.94 bits per heavy atom. The molecule has 2 N–H and O–H groups in total. The lowest BCUT2D eigenvalue weighted by Crippen LogP contribution is -2.22. The minimum absolute atomic E-state index is 0.131. The van der Waals surface area contributed by atoms with Crippen LogP contribution >= 0.6 is 0 Å². The lowest BCUT2D eigenvalue weighted by Gasteiger charge is -2.17. The van der Waals surface area contributed by atoms with Gasteiger partial charge in [-0.2, -0.15) is 5.10 Å². The highest BCUT2D eigenvalue weighted by molar-refractivity contribution is 5.59. The Hall–Kier alpha value is -1.61. The van der Waals surface area contributed by atoms with Gasteiger partial charge in [0.25, 0.3) is 0 Å². The molecule has 0 amide bonds. The summed E-state index contributed by atoms with van der Waals surface area (Å²) in [6.07, 6.45) is 5.67. The first kappa shape index (κ1) is 12.8. The smallest absolute Gasteiger partial charge is 0.0648 e. The van der Waals surface area contributed by atoms with E-state index in [4.69, 9.17) is 5.73 Å². The number of nitrogens with zero attached hydrogens (tertiary/aromatic N) is 2. The summed E-state index contributed by atoms with van der Waals surface area (Å²) in [7, 11) is 0. The van der Waals surface area contributed by atoms with Crippen molar-refractivity contribution in [2.45, 2.75) is 32.2 Å². The van der Waals surface area contributed by atoms with Crippen LogP contribution in [0.4, 0.5) is 5.69 Å². The molecule has 3 nitrogen and oxygen atoms in total. The molecule has 2 rings (SSSR count). The highest BCUT2D eigenvalue weighted by Crippen LogP contribution is 2.51. The number of hydrogen-bond donors (Lipinski definition) is 1. The van der Waals surface area contributed by atoms with E-state index in [0.29, 0.717) is 5.92 Å². The fourth-order valence-corrected chi connectivity index (χ4v) is 2.49. The fraction of sp³-hybridized carbons (Fsp3) is 0.400. The zero-order valence-corrected chi connectivity index (χ0v) is 11.1. The van der Waals surface area contributed by atoms with Crippen LogP contribution in [0.25, 0.3) is 0 Å². The van der Waals surface area contributed by atoms with E-state index in [1.54, 1.807) is 17.4 Å². The van der Waals surface area contributed by atoms with Gasteiger partial charge in [0.05, 0.1) is 5.69 Å². The summed E-state index contributed by atoms with van der Waals surface area (Å²) in [6.45, 7) is 7.86. The van der Waals surface area contributed by atoms with Crippen LogP contribution in [0, 0.1) is 5.92 Å². The first-order valence-corrected chi connectivity index (χ1v) is 6.45. The number of rotatable bonds is 5. The van der Waals surface area contributed by atoms with Gasteiger partial charge in [-0.25, -0.2) is 5.01 Å². The molecule has 3 heteroatoms. The zero-order valence-electron chi connectivity index (χ0n) is 11.1. The van der Waals surface area contributed by atoms with Gasteiger partial charge in [0.15, 0.2) is 0 Å². The van der Waals surface area contributed by atoms with E-state index < -0.39 is 0 Å². The molecule has 0 bridgehead atoms. The second-order valence-electron chi connectivity index (χ2n) is 4.80. The van der Waals surface area contributed by atoms with E-state index in [9.17, 15) is 0 Å². The first-order chi connectivity index (χ1) is 8.65. The Bertz CT molecular complexity index is 467. The molecule has 2 unspecified atom stereocenters. The summed E-state index contributed by atoms with van der Waals surface area (Å²) in [5.41, 5.74) is 8.50. The van der Waals surface area contributed by atoms with E-state index in [1.807, 2.05) is 19.1 Å². The van der Waals surface area contributed by atoms with Crippen LogP contribution in [0.2, 0.25) is 0 Å². The monoisotopic (exact) mass is 243 g/mol. The van der Waals surface area contributed by atoms with Crippen LogP contribution in [0.5, 0.6) is 0 Å². The van der Waals surface area contributed by atoms with Gasteiger partial charge in [-0.05, 0) is 37.0 Å². The summed E-state index contributed by atoms with van der Waals surface area (Å²) in [6, 6.07) is 8.28. The van der Waals surface area contributed by atoms with Crippen LogP contribution in [0.1, 0.15) is 32.3 Å². The standard InChI is InChI=1S/C15H21N3/c1-4-12-11-15(12,16)13-8-7-9-14(10-13)18(6-3)17-5-2/h5-10,12H,3-4,11,16H2,1-2H3/b17-5-. The third-order valence-electron chi connectivity index (χ3n) is 3.71. The van der Waals surface area contributed by atoms with Crippen LogP contribution in [0.15, 0.2) is 42.1 Å². The highest BCUT2D eigenvalue weighted by Gasteiger charge is 2.50. The van der Waals surface area contributed by atoms with E-state index in [1.165, 1.54) is 5.56 Å². The normalized spacial score (nSPS) is 26.3. The van der Waals surface area contributed by atoms with E-state index in [-0.39, 0.29) is 5.54 Å². The maximum Gasteiger partial charge on any atom is 0.0648 e. The third kappa shape index (κ3) is 2.18. The maximum atomic E-state index is 6.42. The van der Waals surface area contributed by atoms with Gasteiger partial charge in [-0.1, -0.05) is 32.1 Å². The average Bonchev–Trinajstić information content (AvgIpc) is 3.09. The lowest BCUT2D eigenvalue weighted by atomic mass is 10.0. The fourth-order valence-electron chi connectivity index (χ4n) is 2.49. The molecule has 0 aliphatic heterocycles. The maximum absolute atomic E-state index is 6.42. The minimum atomic E-state index is -0.131. The Morgan fingerprint density at radius 1 is 1.61 bits per heavy atom. The zero-order chi connectivity index (χ0) is 13.2. The largest absolute Gasteiger partial charge is 0.321 e. The van der Waals surface area contributed by atoms with Gasteiger partial charge in [0, 0.05) is 18.0 Å². The summed E-state index contributed by atoms with van der Waals surface area (Å²) < 4.78 is 0. The molecular formula is C15H21N3. The van der Waals surface area contributed by atoms with Crippen molar-refractivity contribution in [2.75, 3.05) is 5.01 Å². The van der Waals surface area contributed by atoms with Gasteiger partial charge in [0.1, 0.15) is 0 Å². The molecule has 1 aliphatic carbocycles. The van der Waals surface area contributed by atoms with Crippen molar-refractivity contribution in [1.29, 1.82) is 0 Å². The number of anilines is 1. The molecule has 2 atom stereocenters. The molecule has 0 spiro atoms. The van der Waals surface area contributed by atoms with Gasteiger partial charge >= 0.3 is 0 Å². The Labute approximate surface area is 109 Å². The first-order valence-electron chi connectivity index (χ1n) is 6.45. The number of benzene rings is 1. The van der Waals surface area contributed by atoms with Gasteiger partial charge in [-0.15, -0.1) is 0 Å². The van der Waals surface area contributed by atoms with Crippen molar-refractivity contribution in [2.24, 2.45) is 16.8 Å². The number of hydrazone groups is 1. The second-order valence-corrected chi connectivity index (χ2v) is 4.80. The summed E-state index contributed by atoms with van der Waals surface area (Å²) in [4.78, 5) is 0. The summed E-state index contributed by atoms with van der Waals surface area (Å²) >= 11 is 0. The minimum Gasteiger partial charge on any atom is -0.321 e. The molecule has 0 radical (unpaired) electrons. The molecule has 18 heavy (non-hydrogen) atoms. The molecule has 1 aromatic rings. The van der Waals surface area contributed by atoms with Crippen molar-refractivity contribution in [3.63, 3.8) is 0 Å². The van der Waals surface area contributed by atoms with Crippen molar-refractivity contribution in [1.82, 2.24) is 0 Å². The summed E-state index contributed by atoms with van der Waals surface area (Å²) in [5, 5.41) is 6.01. The molecular weight excluding hydrogens is 222 g/mol. The van der Waals surface area contributed by atoms with Crippen LogP contribution in [-0.2, 0) is 5.54 Å². The molecule has 96 valence electrons. The Balaban J connectivity index is 2.28. The highest BCUT2D eigenvalue weighted by atomic mass is 15.4. The SMILES string of the molecule is C=CN(/N=C\C)c1cccc(C2(N)CC2CC)c1. The quantitative estimate of drug-likeness (QED) is 0.637. The van der Waals surface area contributed by atoms with Crippen molar-refractivity contribution in [3.05, 3.63) is 42.6 Å². The van der Waals surface area contributed by atoms with Gasteiger partial charge in [0.2, 0.25) is 0 Å². The topological polar surface area (TPSA) is 41.6 Å². The van der Waals surface area contributed by atoms with Crippen molar-refractivity contribution < 1.29 is 0 Å². The van der Waals surface area contributed by atoms with Crippen LogP contribution in [0.3, 0.4) is 0 Å². The van der Waals surface area contributed by atoms with E-state index in [2.05, 4.69) is 30.7 Å². The summed E-state index contributed by atoms with van der Waals surface area (Å²) in [5.74, 6) is 0.611. The predicted octanol–water partition coefficient (Wildman–Crippen LogP) is 3.23. The second kappa shape index (κ2) is 4.94. The van der Waals surface area contributed by atoms with Gasteiger partial charge < -0.3 is 5.73 Å². The molecule has 1 saturated carbocycles. The van der Waals surface area contributed by atoms with Gasteiger partial charge in [-0.3, -0.25) is 0 Å².